The predicted octanol–water partition coefficient (Wildman–Crippen LogP) is 2.69. The molecule has 1 aliphatic heterocycles. The van der Waals surface area contributed by atoms with Gasteiger partial charge in [0.05, 0.1) is 18.7 Å². The number of nitrogens with zero attached hydrogens (tertiary/aromatic N) is 1. The lowest BCUT2D eigenvalue weighted by molar-refractivity contribution is -0.150. The van der Waals surface area contributed by atoms with E-state index in [0.29, 0.717) is 13.0 Å². The summed E-state index contributed by atoms with van der Waals surface area (Å²) in [7, 11) is 0. The van der Waals surface area contributed by atoms with E-state index in [1.165, 1.54) is 19.1 Å². The first-order chi connectivity index (χ1) is 13.5. The molecule has 148 valence electrons. The van der Waals surface area contributed by atoms with E-state index in [0.717, 1.165) is 16.7 Å². The Labute approximate surface area is 164 Å². The van der Waals surface area contributed by atoms with Crippen LogP contribution in [0.15, 0.2) is 48.5 Å². The molecule has 0 aromatic heterocycles. The molecule has 2 aromatic rings. The van der Waals surface area contributed by atoms with Gasteiger partial charge in [0.15, 0.2) is 0 Å². The fourth-order valence-corrected chi connectivity index (χ4v) is 3.96. The van der Waals surface area contributed by atoms with Gasteiger partial charge in [-0.2, -0.15) is 0 Å². The Balaban J connectivity index is 1.85. The third-order valence-electron chi connectivity index (χ3n) is 5.35. The molecule has 2 aromatic carbocycles. The Morgan fingerprint density at radius 3 is 2.11 bits per heavy atom. The van der Waals surface area contributed by atoms with Crippen LogP contribution in [0, 0.1) is 5.82 Å². The van der Waals surface area contributed by atoms with Crippen LogP contribution >= 0.6 is 0 Å². The summed E-state index contributed by atoms with van der Waals surface area (Å²) < 4.78 is 13.1. The predicted molar refractivity (Wildman–Crippen MR) is 105 cm³/mol. The van der Waals surface area contributed by atoms with Crippen molar-refractivity contribution in [2.45, 2.75) is 38.3 Å². The van der Waals surface area contributed by atoms with Crippen LogP contribution in [-0.2, 0) is 9.59 Å². The molecule has 2 amide bonds. The molecule has 6 heteroatoms. The first-order valence-electron chi connectivity index (χ1n) is 9.48. The maximum Gasteiger partial charge on any atom is 0.222 e. The first kappa shape index (κ1) is 20.0. The second-order valence-corrected chi connectivity index (χ2v) is 7.06. The van der Waals surface area contributed by atoms with Gasteiger partial charge in [-0.25, -0.2) is 4.39 Å². The molecule has 3 atom stereocenters. The quantitative estimate of drug-likeness (QED) is 0.805. The number of benzene rings is 2. The van der Waals surface area contributed by atoms with Crippen molar-refractivity contribution < 1.29 is 19.1 Å². The van der Waals surface area contributed by atoms with Crippen LogP contribution in [0.2, 0.25) is 0 Å². The van der Waals surface area contributed by atoms with Gasteiger partial charge in [0.2, 0.25) is 11.8 Å². The largest absolute Gasteiger partial charge is 0.394 e. The Bertz CT molecular complexity index is 836. The molecule has 0 aliphatic carbocycles. The molecule has 28 heavy (non-hydrogen) atoms. The maximum absolute atomic E-state index is 13.1. The second-order valence-electron chi connectivity index (χ2n) is 7.06. The number of aliphatic hydroxyl groups excluding tert-OH is 1. The van der Waals surface area contributed by atoms with Crippen LogP contribution < -0.4 is 5.32 Å². The molecule has 0 bridgehead atoms. The van der Waals surface area contributed by atoms with Crippen molar-refractivity contribution in [3.05, 3.63) is 59.9 Å². The molecular weight excluding hydrogens is 359 g/mol. The van der Waals surface area contributed by atoms with Gasteiger partial charge >= 0.3 is 0 Å². The van der Waals surface area contributed by atoms with Crippen LogP contribution in [-0.4, -0.2) is 47.1 Å². The molecule has 0 saturated carbocycles. The molecule has 0 unspecified atom stereocenters. The van der Waals surface area contributed by atoms with Gasteiger partial charge in [0, 0.05) is 25.8 Å². The zero-order valence-electron chi connectivity index (χ0n) is 16.1. The van der Waals surface area contributed by atoms with Crippen molar-refractivity contribution in [1.29, 1.82) is 0 Å². The summed E-state index contributed by atoms with van der Waals surface area (Å²) >= 11 is 0. The number of carbonyl (C=O) groups is 2. The van der Waals surface area contributed by atoms with Gasteiger partial charge in [-0.3, -0.25) is 9.59 Å². The number of carbonyl (C=O) groups excluding carboxylic acids is 2. The molecule has 1 fully saturated rings. The Morgan fingerprint density at radius 1 is 1.04 bits per heavy atom. The highest BCUT2D eigenvalue weighted by atomic mass is 19.1. The summed E-state index contributed by atoms with van der Waals surface area (Å²) in [5.74, 6) is -0.521. The molecule has 3 rings (SSSR count). The highest BCUT2D eigenvalue weighted by Gasteiger charge is 2.50. The monoisotopic (exact) mass is 384 g/mol. The lowest BCUT2D eigenvalue weighted by Crippen LogP contribution is -2.68. The van der Waals surface area contributed by atoms with Crippen LogP contribution in [0.1, 0.15) is 31.7 Å². The van der Waals surface area contributed by atoms with Crippen LogP contribution in [0.4, 0.5) is 4.39 Å². The number of likely N-dealkylation sites (tertiary alicyclic amines) is 1. The zero-order valence-corrected chi connectivity index (χ0v) is 16.1. The van der Waals surface area contributed by atoms with Gasteiger partial charge < -0.3 is 15.3 Å². The van der Waals surface area contributed by atoms with Gasteiger partial charge in [-0.1, -0.05) is 43.3 Å². The second kappa shape index (κ2) is 8.52. The number of rotatable bonds is 6. The molecular formula is C22H25FN2O3. The summed E-state index contributed by atoms with van der Waals surface area (Å²) in [6.45, 7) is 3.45. The minimum atomic E-state index is -0.303. The summed E-state index contributed by atoms with van der Waals surface area (Å²) in [4.78, 5) is 25.4. The topological polar surface area (TPSA) is 69.6 Å². The molecule has 1 heterocycles. The van der Waals surface area contributed by atoms with E-state index in [2.05, 4.69) is 5.32 Å². The average molecular weight is 384 g/mol. The number of halogens is 1. The summed E-state index contributed by atoms with van der Waals surface area (Å²) in [6.07, 6.45) is 0.350. The molecule has 1 aliphatic rings. The van der Waals surface area contributed by atoms with E-state index in [1.54, 1.807) is 24.0 Å². The van der Waals surface area contributed by atoms with Crippen molar-refractivity contribution in [1.82, 2.24) is 10.2 Å². The first-order valence-corrected chi connectivity index (χ1v) is 9.48. The third-order valence-corrected chi connectivity index (χ3v) is 5.35. The van der Waals surface area contributed by atoms with Crippen molar-refractivity contribution in [3.8, 4) is 11.1 Å². The zero-order chi connectivity index (χ0) is 20.3. The van der Waals surface area contributed by atoms with Gasteiger partial charge in [-0.05, 0) is 28.8 Å². The Hall–Kier alpha value is -2.73. The van der Waals surface area contributed by atoms with Gasteiger partial charge in [0.1, 0.15) is 5.82 Å². The maximum atomic E-state index is 13.1. The summed E-state index contributed by atoms with van der Waals surface area (Å²) in [6, 6.07) is 13.7. The van der Waals surface area contributed by atoms with E-state index in [1.807, 2.05) is 24.3 Å². The normalized spacial score (nSPS) is 21.1. The van der Waals surface area contributed by atoms with E-state index >= 15 is 0 Å². The standard InChI is InChI=1S/C22H25FN2O3/c1-3-21(28)25-19(12-24-14(2)27)22(20(25)13-26)17-6-4-15(5-7-17)16-8-10-18(23)11-9-16/h4-11,19-20,22,26H,3,12-13H2,1-2H3,(H,24,27)/t19-,20+,22-/m1/s1. The third kappa shape index (κ3) is 3.92. The smallest absolute Gasteiger partial charge is 0.222 e. The fraction of sp³-hybridized carbons (Fsp3) is 0.364. The van der Waals surface area contributed by atoms with E-state index in [-0.39, 0.29) is 42.2 Å². The average Bonchev–Trinajstić information content (AvgIpc) is 2.68. The number of hydrogen-bond donors (Lipinski definition) is 2. The summed E-state index contributed by atoms with van der Waals surface area (Å²) in [5, 5.41) is 12.7. The SMILES string of the molecule is CCC(=O)N1[C@H](CNC(C)=O)[C@@H](c2ccc(-c3ccc(F)cc3)cc2)[C@@H]1CO. The van der Waals surface area contributed by atoms with Crippen LogP contribution in [0.25, 0.3) is 11.1 Å². The molecule has 2 N–H and O–H groups in total. The fourth-order valence-electron chi connectivity index (χ4n) is 3.96. The number of aliphatic hydroxyl groups is 1. The summed E-state index contributed by atoms with van der Waals surface area (Å²) in [5.41, 5.74) is 2.88. The van der Waals surface area contributed by atoms with Crippen LogP contribution in [0.3, 0.4) is 0 Å². The lowest BCUT2D eigenvalue weighted by Gasteiger charge is -2.55. The van der Waals surface area contributed by atoms with E-state index < -0.39 is 0 Å². The molecule has 0 radical (unpaired) electrons. The van der Waals surface area contributed by atoms with Gasteiger partial charge in [-0.15, -0.1) is 0 Å². The van der Waals surface area contributed by atoms with E-state index in [9.17, 15) is 19.1 Å². The number of nitrogens with one attached hydrogen (secondary N) is 1. The lowest BCUT2D eigenvalue weighted by atomic mass is 9.74. The molecule has 0 spiro atoms. The molecule has 1 saturated heterocycles. The van der Waals surface area contributed by atoms with Crippen molar-refractivity contribution in [3.63, 3.8) is 0 Å². The van der Waals surface area contributed by atoms with Crippen LogP contribution in [0.5, 0.6) is 0 Å². The Kier molecular flexibility index (Phi) is 6.09. The Morgan fingerprint density at radius 2 is 1.61 bits per heavy atom. The number of hydrogen-bond acceptors (Lipinski definition) is 3. The van der Waals surface area contributed by atoms with E-state index in [4.69, 9.17) is 0 Å². The highest BCUT2D eigenvalue weighted by Crippen LogP contribution is 2.41. The molecule has 5 nitrogen and oxygen atoms in total. The van der Waals surface area contributed by atoms with Crippen molar-refractivity contribution in [2.24, 2.45) is 0 Å². The van der Waals surface area contributed by atoms with Gasteiger partial charge in [0.25, 0.3) is 0 Å². The highest BCUT2D eigenvalue weighted by molar-refractivity contribution is 5.79. The van der Waals surface area contributed by atoms with Crippen molar-refractivity contribution >= 4 is 11.8 Å². The minimum absolute atomic E-state index is 0.0337. The minimum Gasteiger partial charge on any atom is -0.394 e. The number of amides is 2. The van der Waals surface area contributed by atoms with Crippen molar-refractivity contribution in [2.75, 3.05) is 13.2 Å².